The van der Waals surface area contributed by atoms with Crippen LogP contribution in [0.4, 0.5) is 39.5 Å². The SMILES string of the molecule is NCCCCc1c(-c2cc(C(F)(F)F)ccc2Cl)[nH]c2cc(C(F)(F)F)cc(C(F)(F)F)c12. The molecule has 2 nitrogen and oxygen atoms in total. The lowest BCUT2D eigenvalue weighted by Gasteiger charge is -2.15. The van der Waals surface area contributed by atoms with E-state index < -0.39 is 46.1 Å². The lowest BCUT2D eigenvalue weighted by molar-refractivity contribution is -0.142. The zero-order valence-electron chi connectivity index (χ0n) is 16.6. The van der Waals surface area contributed by atoms with Crippen LogP contribution in [0.2, 0.25) is 5.02 Å². The number of alkyl halides is 9. The van der Waals surface area contributed by atoms with E-state index >= 15 is 0 Å². The Balaban J connectivity index is 2.40. The minimum absolute atomic E-state index is 0.000128. The number of hydrogen-bond donors (Lipinski definition) is 2. The van der Waals surface area contributed by atoms with E-state index in [1.54, 1.807) is 0 Å². The lowest BCUT2D eigenvalue weighted by atomic mass is 9.95. The van der Waals surface area contributed by atoms with Crippen molar-refractivity contribution in [3.8, 4) is 11.3 Å². The first-order valence-electron chi connectivity index (χ1n) is 9.54. The highest BCUT2D eigenvalue weighted by Gasteiger charge is 2.40. The Morgan fingerprint density at radius 3 is 1.97 bits per heavy atom. The van der Waals surface area contributed by atoms with Gasteiger partial charge in [0, 0.05) is 21.5 Å². The third-order valence-electron chi connectivity index (χ3n) is 5.08. The van der Waals surface area contributed by atoms with Gasteiger partial charge in [0.05, 0.1) is 22.4 Å². The molecule has 3 N–H and O–H groups in total. The molecular weight excluding hydrogens is 487 g/mol. The topological polar surface area (TPSA) is 41.8 Å². The number of halogens is 10. The van der Waals surface area contributed by atoms with Crippen molar-refractivity contribution in [1.82, 2.24) is 4.98 Å². The summed E-state index contributed by atoms with van der Waals surface area (Å²) in [5.74, 6) is 0. The number of rotatable bonds is 5. The van der Waals surface area contributed by atoms with Gasteiger partial charge in [-0.25, -0.2) is 0 Å². The first kappa shape index (κ1) is 25.2. The van der Waals surface area contributed by atoms with E-state index in [4.69, 9.17) is 17.3 Å². The third-order valence-corrected chi connectivity index (χ3v) is 5.41. The van der Waals surface area contributed by atoms with E-state index in [2.05, 4.69) is 4.98 Å². The molecule has 1 heterocycles. The Morgan fingerprint density at radius 2 is 1.42 bits per heavy atom. The number of aryl methyl sites for hydroxylation is 1. The van der Waals surface area contributed by atoms with Gasteiger partial charge in [-0.1, -0.05) is 11.6 Å². The lowest BCUT2D eigenvalue weighted by Crippen LogP contribution is -2.11. The minimum Gasteiger partial charge on any atom is -0.354 e. The van der Waals surface area contributed by atoms with Gasteiger partial charge >= 0.3 is 18.5 Å². The molecule has 33 heavy (non-hydrogen) atoms. The Bertz CT molecular complexity index is 1160. The minimum atomic E-state index is -5.15. The molecule has 12 heteroatoms. The summed E-state index contributed by atoms with van der Waals surface area (Å²) < 4.78 is 121. The number of nitrogens with two attached hydrogens (primary N) is 1. The first-order valence-corrected chi connectivity index (χ1v) is 9.92. The predicted molar refractivity (Wildman–Crippen MR) is 106 cm³/mol. The van der Waals surface area contributed by atoms with Crippen molar-refractivity contribution in [3.05, 3.63) is 57.6 Å². The fourth-order valence-corrected chi connectivity index (χ4v) is 3.82. The van der Waals surface area contributed by atoms with Crippen molar-refractivity contribution in [2.24, 2.45) is 5.73 Å². The number of aromatic nitrogens is 1. The van der Waals surface area contributed by atoms with Gasteiger partial charge in [0.25, 0.3) is 0 Å². The van der Waals surface area contributed by atoms with Crippen LogP contribution in [0.3, 0.4) is 0 Å². The van der Waals surface area contributed by atoms with Crippen LogP contribution < -0.4 is 5.73 Å². The molecule has 1 aromatic heterocycles. The third kappa shape index (κ3) is 5.24. The summed E-state index contributed by atoms with van der Waals surface area (Å²) in [5.41, 5.74) is 0.165. The van der Waals surface area contributed by atoms with Crippen molar-refractivity contribution < 1.29 is 39.5 Å². The molecule has 0 aliphatic carbocycles. The number of nitrogens with one attached hydrogen (secondary N) is 1. The number of fused-ring (bicyclic) bond motifs is 1. The molecule has 0 bridgehead atoms. The van der Waals surface area contributed by atoms with Crippen LogP contribution in [0.1, 0.15) is 35.1 Å². The second-order valence-electron chi connectivity index (χ2n) is 7.36. The number of aromatic amines is 1. The zero-order valence-corrected chi connectivity index (χ0v) is 17.3. The standard InChI is InChI=1S/C21H16ClF9N2/c22-15-5-4-10(19(23,24)25)7-13(15)18-12(3-1-2-6-32)17-14(21(29,30)31)8-11(20(26,27)28)9-16(17)33-18/h4-5,7-9,33H,1-3,6,32H2. The highest BCUT2D eigenvalue weighted by molar-refractivity contribution is 6.33. The number of benzene rings is 2. The summed E-state index contributed by atoms with van der Waals surface area (Å²) in [5, 5.41) is -0.754. The normalized spacial score (nSPS) is 13.2. The van der Waals surface area contributed by atoms with E-state index in [1.165, 1.54) is 0 Å². The summed E-state index contributed by atoms with van der Waals surface area (Å²) in [6.45, 7) is 0.201. The maximum atomic E-state index is 13.8. The van der Waals surface area contributed by atoms with Crippen LogP contribution in [0.25, 0.3) is 22.2 Å². The molecule has 0 radical (unpaired) electrons. The molecule has 0 atom stereocenters. The Labute approximate surface area is 186 Å². The molecule has 3 rings (SSSR count). The zero-order chi connectivity index (χ0) is 24.8. The Morgan fingerprint density at radius 1 is 0.788 bits per heavy atom. The molecule has 0 amide bonds. The Hall–Kier alpha value is -2.40. The van der Waals surface area contributed by atoms with Gasteiger partial charge in [-0.15, -0.1) is 0 Å². The van der Waals surface area contributed by atoms with E-state index in [1.807, 2.05) is 0 Å². The van der Waals surface area contributed by atoms with Crippen molar-refractivity contribution >= 4 is 22.5 Å². The summed E-state index contributed by atoms with van der Waals surface area (Å²) in [4.78, 5) is 2.47. The molecule has 0 saturated heterocycles. The van der Waals surface area contributed by atoms with Gasteiger partial charge in [0.2, 0.25) is 0 Å². The summed E-state index contributed by atoms with van der Waals surface area (Å²) in [7, 11) is 0. The molecule has 0 aliphatic rings. The molecule has 180 valence electrons. The fraction of sp³-hybridized carbons (Fsp3) is 0.333. The van der Waals surface area contributed by atoms with Crippen LogP contribution in [-0.2, 0) is 24.9 Å². The van der Waals surface area contributed by atoms with Gasteiger partial charge in [0.1, 0.15) is 0 Å². The molecular formula is C21H16ClF9N2. The van der Waals surface area contributed by atoms with Gasteiger partial charge < -0.3 is 10.7 Å². The van der Waals surface area contributed by atoms with Gasteiger partial charge in [0.15, 0.2) is 0 Å². The predicted octanol–water partition coefficient (Wildman–Crippen LogP) is 7.83. The fourth-order valence-electron chi connectivity index (χ4n) is 3.61. The van der Waals surface area contributed by atoms with E-state index in [9.17, 15) is 39.5 Å². The van der Waals surface area contributed by atoms with Crippen LogP contribution in [0.15, 0.2) is 30.3 Å². The summed E-state index contributed by atoms with van der Waals surface area (Å²) >= 11 is 6.07. The molecule has 2 aromatic carbocycles. The van der Waals surface area contributed by atoms with E-state index in [-0.39, 0.29) is 47.3 Å². The monoisotopic (exact) mass is 502 g/mol. The molecule has 3 aromatic rings. The van der Waals surface area contributed by atoms with Crippen LogP contribution in [0, 0.1) is 0 Å². The number of unbranched alkanes of at least 4 members (excludes halogenated alkanes) is 1. The number of hydrogen-bond acceptors (Lipinski definition) is 1. The van der Waals surface area contributed by atoms with Gasteiger partial charge in [-0.05, 0) is 61.7 Å². The quantitative estimate of drug-likeness (QED) is 0.271. The largest absolute Gasteiger partial charge is 0.417 e. The second kappa shape index (κ2) is 8.75. The van der Waals surface area contributed by atoms with Gasteiger partial charge in [-0.2, -0.15) is 39.5 Å². The second-order valence-corrected chi connectivity index (χ2v) is 7.77. The maximum Gasteiger partial charge on any atom is 0.417 e. The summed E-state index contributed by atoms with van der Waals surface area (Å²) in [6, 6.07) is 2.78. The van der Waals surface area contributed by atoms with Crippen LogP contribution >= 0.6 is 11.6 Å². The van der Waals surface area contributed by atoms with Crippen molar-refractivity contribution in [1.29, 1.82) is 0 Å². The number of H-pyrrole nitrogens is 1. The van der Waals surface area contributed by atoms with Crippen LogP contribution in [-0.4, -0.2) is 11.5 Å². The molecule has 0 unspecified atom stereocenters. The molecule has 0 aliphatic heterocycles. The van der Waals surface area contributed by atoms with Crippen molar-refractivity contribution in [3.63, 3.8) is 0 Å². The van der Waals surface area contributed by atoms with E-state index in [0.717, 1.165) is 6.07 Å². The van der Waals surface area contributed by atoms with Crippen molar-refractivity contribution in [2.75, 3.05) is 6.54 Å². The van der Waals surface area contributed by atoms with Crippen LogP contribution in [0.5, 0.6) is 0 Å². The first-order chi connectivity index (χ1) is 15.1. The molecule has 0 spiro atoms. The smallest absolute Gasteiger partial charge is 0.354 e. The highest BCUT2D eigenvalue weighted by Crippen LogP contribution is 2.45. The Kier molecular flexibility index (Phi) is 6.69. The highest BCUT2D eigenvalue weighted by atomic mass is 35.5. The molecule has 0 saturated carbocycles. The summed E-state index contributed by atoms with van der Waals surface area (Å²) in [6.07, 6.45) is -14.4. The molecule has 0 fully saturated rings. The average molecular weight is 503 g/mol. The average Bonchev–Trinajstić information content (AvgIpc) is 3.03. The van der Waals surface area contributed by atoms with Gasteiger partial charge in [-0.3, -0.25) is 0 Å². The van der Waals surface area contributed by atoms with E-state index in [0.29, 0.717) is 24.6 Å². The maximum absolute atomic E-state index is 13.8. The van der Waals surface area contributed by atoms with Crippen molar-refractivity contribution in [2.45, 2.75) is 37.8 Å².